The molecule has 0 N–H and O–H groups in total. The molecule has 3 unspecified atom stereocenters. The number of halogens is 1. The van der Waals surface area contributed by atoms with E-state index in [1.165, 1.54) is 6.42 Å². The van der Waals surface area contributed by atoms with Crippen molar-refractivity contribution in [2.75, 3.05) is 6.54 Å². The zero-order chi connectivity index (χ0) is 14.9. The van der Waals surface area contributed by atoms with E-state index in [2.05, 4.69) is 25.8 Å². The molecule has 0 bridgehead atoms. The number of amides is 1. The molecule has 3 atom stereocenters. The fraction of sp³-hybridized carbons (Fsp3) is 0.625. The van der Waals surface area contributed by atoms with Gasteiger partial charge in [0.05, 0.1) is 0 Å². The van der Waals surface area contributed by atoms with Crippen molar-refractivity contribution >= 4 is 17.5 Å². The average Bonchev–Trinajstić information content (AvgIpc) is 2.41. The monoisotopic (exact) mass is 294 g/mol. The lowest BCUT2D eigenvalue weighted by Gasteiger charge is -2.41. The van der Waals surface area contributed by atoms with Crippen LogP contribution in [-0.2, 0) is 6.42 Å². The molecule has 2 heterocycles. The highest BCUT2D eigenvalue weighted by molar-refractivity contribution is 6.29. The number of nitrogens with zero attached hydrogens (tertiary/aromatic N) is 2. The third-order valence-electron chi connectivity index (χ3n) is 4.31. The van der Waals surface area contributed by atoms with Crippen LogP contribution in [0.2, 0.25) is 5.15 Å². The number of aryl methyl sites for hydroxylation is 1. The summed E-state index contributed by atoms with van der Waals surface area (Å²) in [5.41, 5.74) is 1.53. The topological polar surface area (TPSA) is 33.2 Å². The van der Waals surface area contributed by atoms with Gasteiger partial charge in [0.25, 0.3) is 5.91 Å². The van der Waals surface area contributed by atoms with Crippen LogP contribution in [0.4, 0.5) is 0 Å². The fourth-order valence-corrected chi connectivity index (χ4v) is 3.23. The SMILES string of the molecule is CCc1cc(C(=O)N2CC(C)CC(C)C2C)cc(Cl)n1. The Kier molecular flexibility index (Phi) is 4.69. The van der Waals surface area contributed by atoms with Crippen LogP contribution >= 0.6 is 11.6 Å². The standard InChI is InChI=1S/C16H23ClN2O/c1-5-14-7-13(8-15(17)18-14)16(20)19-9-10(2)6-11(3)12(19)4/h7-8,10-12H,5-6,9H2,1-4H3. The highest BCUT2D eigenvalue weighted by Crippen LogP contribution is 2.28. The second kappa shape index (κ2) is 6.13. The Hall–Kier alpha value is -1.09. The van der Waals surface area contributed by atoms with Crippen molar-refractivity contribution in [3.05, 3.63) is 28.5 Å². The van der Waals surface area contributed by atoms with Crippen molar-refractivity contribution in [3.8, 4) is 0 Å². The first-order valence-corrected chi connectivity index (χ1v) is 7.77. The van der Waals surface area contributed by atoms with Crippen LogP contribution in [0.25, 0.3) is 0 Å². The Morgan fingerprint density at radius 1 is 1.40 bits per heavy atom. The molecular weight excluding hydrogens is 272 g/mol. The molecule has 0 saturated carbocycles. The molecule has 0 spiro atoms. The molecular formula is C16H23ClN2O. The maximum atomic E-state index is 12.8. The molecule has 3 nitrogen and oxygen atoms in total. The van der Waals surface area contributed by atoms with Crippen LogP contribution in [0.1, 0.15) is 50.2 Å². The normalized spacial score (nSPS) is 26.6. The van der Waals surface area contributed by atoms with Crippen LogP contribution in [-0.4, -0.2) is 28.4 Å². The molecule has 1 saturated heterocycles. The largest absolute Gasteiger partial charge is 0.335 e. The van der Waals surface area contributed by atoms with E-state index in [9.17, 15) is 4.79 Å². The van der Waals surface area contributed by atoms with E-state index in [4.69, 9.17) is 11.6 Å². The van der Waals surface area contributed by atoms with Crippen LogP contribution in [0.15, 0.2) is 12.1 Å². The van der Waals surface area contributed by atoms with Crippen molar-refractivity contribution in [3.63, 3.8) is 0 Å². The van der Waals surface area contributed by atoms with Gasteiger partial charge in [0, 0.05) is 23.8 Å². The maximum Gasteiger partial charge on any atom is 0.254 e. The second-order valence-corrected chi connectivity index (χ2v) is 6.43. The van der Waals surface area contributed by atoms with E-state index in [0.717, 1.165) is 18.7 Å². The summed E-state index contributed by atoms with van der Waals surface area (Å²) in [6, 6.07) is 3.82. The van der Waals surface area contributed by atoms with Crippen molar-refractivity contribution < 1.29 is 4.79 Å². The van der Waals surface area contributed by atoms with Crippen LogP contribution in [0.3, 0.4) is 0 Å². The number of pyridine rings is 1. The molecule has 4 heteroatoms. The predicted molar refractivity (Wildman–Crippen MR) is 82.1 cm³/mol. The van der Waals surface area contributed by atoms with Gasteiger partial charge in [-0.15, -0.1) is 0 Å². The van der Waals surface area contributed by atoms with Gasteiger partial charge in [0.2, 0.25) is 0 Å². The molecule has 0 radical (unpaired) electrons. The number of hydrogen-bond donors (Lipinski definition) is 0. The second-order valence-electron chi connectivity index (χ2n) is 6.04. The predicted octanol–water partition coefficient (Wildman–Crippen LogP) is 3.80. The van der Waals surface area contributed by atoms with Crippen molar-refractivity contribution in [1.29, 1.82) is 0 Å². The number of hydrogen-bond acceptors (Lipinski definition) is 2. The molecule has 1 aromatic rings. The zero-order valence-corrected chi connectivity index (χ0v) is 13.4. The number of likely N-dealkylation sites (tertiary alicyclic amines) is 1. The number of carbonyl (C=O) groups excluding carboxylic acids is 1. The number of piperidine rings is 1. The van der Waals surface area contributed by atoms with Crippen LogP contribution < -0.4 is 0 Å². The molecule has 2 rings (SSSR count). The van der Waals surface area contributed by atoms with Gasteiger partial charge in [-0.3, -0.25) is 4.79 Å². The summed E-state index contributed by atoms with van der Waals surface area (Å²) in [5, 5.41) is 0.401. The van der Waals surface area contributed by atoms with E-state index in [0.29, 0.717) is 22.6 Å². The Balaban J connectivity index is 2.28. The van der Waals surface area contributed by atoms with Gasteiger partial charge in [0.1, 0.15) is 5.15 Å². The lowest BCUT2D eigenvalue weighted by Crippen LogP contribution is -2.48. The van der Waals surface area contributed by atoms with E-state index in [1.54, 1.807) is 6.07 Å². The summed E-state index contributed by atoms with van der Waals surface area (Å²) in [6.07, 6.45) is 1.96. The third kappa shape index (κ3) is 3.14. The van der Waals surface area contributed by atoms with Crippen molar-refractivity contribution in [1.82, 2.24) is 9.88 Å². The Labute approximate surface area is 126 Å². The lowest BCUT2D eigenvalue weighted by atomic mass is 9.85. The minimum atomic E-state index is 0.0786. The lowest BCUT2D eigenvalue weighted by molar-refractivity contribution is 0.0455. The van der Waals surface area contributed by atoms with Crippen molar-refractivity contribution in [2.24, 2.45) is 11.8 Å². The molecule has 110 valence electrons. The summed E-state index contributed by atoms with van der Waals surface area (Å²) < 4.78 is 0. The van der Waals surface area contributed by atoms with Crippen LogP contribution in [0.5, 0.6) is 0 Å². The first-order chi connectivity index (χ1) is 9.42. The molecule has 20 heavy (non-hydrogen) atoms. The summed E-state index contributed by atoms with van der Waals surface area (Å²) in [4.78, 5) is 19.0. The maximum absolute atomic E-state index is 12.8. The highest BCUT2D eigenvalue weighted by atomic mass is 35.5. The smallest absolute Gasteiger partial charge is 0.254 e. The minimum Gasteiger partial charge on any atom is -0.335 e. The zero-order valence-electron chi connectivity index (χ0n) is 12.7. The molecule has 1 aliphatic rings. The number of aromatic nitrogens is 1. The summed E-state index contributed by atoms with van der Waals surface area (Å²) >= 11 is 6.02. The molecule has 0 aliphatic carbocycles. The number of carbonyl (C=O) groups is 1. The molecule has 1 aromatic heterocycles. The first kappa shape index (κ1) is 15.3. The Morgan fingerprint density at radius 2 is 2.10 bits per heavy atom. The van der Waals surface area contributed by atoms with Gasteiger partial charge < -0.3 is 4.90 Å². The summed E-state index contributed by atoms with van der Waals surface area (Å²) in [7, 11) is 0. The third-order valence-corrected chi connectivity index (χ3v) is 4.51. The van der Waals surface area contributed by atoms with E-state index in [-0.39, 0.29) is 11.9 Å². The summed E-state index contributed by atoms with van der Waals surface area (Å²) in [6.45, 7) is 9.40. The van der Waals surface area contributed by atoms with E-state index >= 15 is 0 Å². The van der Waals surface area contributed by atoms with Gasteiger partial charge >= 0.3 is 0 Å². The number of rotatable bonds is 2. The van der Waals surface area contributed by atoms with Crippen LogP contribution in [0, 0.1) is 11.8 Å². The van der Waals surface area contributed by atoms with Gasteiger partial charge in [0.15, 0.2) is 0 Å². The quantitative estimate of drug-likeness (QED) is 0.777. The average molecular weight is 295 g/mol. The molecule has 0 aromatic carbocycles. The first-order valence-electron chi connectivity index (χ1n) is 7.39. The Morgan fingerprint density at radius 3 is 2.75 bits per heavy atom. The molecule has 1 fully saturated rings. The van der Waals surface area contributed by atoms with Gasteiger partial charge in [-0.05, 0) is 43.7 Å². The van der Waals surface area contributed by atoms with Gasteiger partial charge in [-0.2, -0.15) is 0 Å². The Bertz CT molecular complexity index is 503. The van der Waals surface area contributed by atoms with Gasteiger partial charge in [-0.25, -0.2) is 4.98 Å². The fourth-order valence-electron chi connectivity index (χ4n) is 3.00. The molecule has 1 aliphatic heterocycles. The minimum absolute atomic E-state index is 0.0786. The van der Waals surface area contributed by atoms with Crippen molar-refractivity contribution in [2.45, 2.75) is 46.6 Å². The van der Waals surface area contributed by atoms with E-state index in [1.807, 2.05) is 17.9 Å². The van der Waals surface area contributed by atoms with Gasteiger partial charge in [-0.1, -0.05) is 32.4 Å². The highest BCUT2D eigenvalue weighted by Gasteiger charge is 2.32. The van der Waals surface area contributed by atoms with E-state index < -0.39 is 0 Å². The summed E-state index contributed by atoms with van der Waals surface area (Å²) in [5.74, 6) is 1.16. The molecule has 1 amide bonds.